The van der Waals surface area contributed by atoms with Crippen molar-refractivity contribution >= 4 is 0 Å². The number of hydrogen-bond donors (Lipinski definition) is 1. The molecule has 0 radical (unpaired) electrons. The fourth-order valence-corrected chi connectivity index (χ4v) is 2.90. The van der Waals surface area contributed by atoms with Crippen LogP contribution in [-0.4, -0.2) is 42.1 Å². The van der Waals surface area contributed by atoms with E-state index in [2.05, 4.69) is 20.2 Å². The summed E-state index contributed by atoms with van der Waals surface area (Å²) in [6.45, 7) is 0. The second kappa shape index (κ2) is 6.46. The van der Waals surface area contributed by atoms with Crippen molar-refractivity contribution in [1.29, 1.82) is 0 Å². The molecule has 2 atom stereocenters. The van der Waals surface area contributed by atoms with Crippen molar-refractivity contribution in [2.24, 2.45) is 0 Å². The number of imidazole rings is 1. The quantitative estimate of drug-likeness (QED) is 0.785. The molecule has 1 fully saturated rings. The van der Waals surface area contributed by atoms with Gasteiger partial charge in [-0.05, 0) is 31.4 Å². The third-order valence-electron chi connectivity index (χ3n) is 4.23. The van der Waals surface area contributed by atoms with Crippen LogP contribution in [0, 0.1) is 0 Å². The Kier molecular flexibility index (Phi) is 4.01. The molecular weight excluding hydrogens is 325 g/mol. The molecule has 1 N–H and O–H groups in total. The summed E-state index contributed by atoms with van der Waals surface area (Å²) in [7, 11) is 0. The van der Waals surface area contributed by atoms with Gasteiger partial charge >= 0.3 is 6.01 Å². The molecule has 0 aliphatic heterocycles. The van der Waals surface area contributed by atoms with Gasteiger partial charge in [-0.3, -0.25) is 0 Å². The monoisotopic (exact) mass is 341 g/mol. The Labute approximate surface area is 143 Å². The van der Waals surface area contributed by atoms with Crippen LogP contribution >= 0.6 is 0 Å². The maximum absolute atomic E-state index is 13.6. The highest BCUT2D eigenvalue weighted by Gasteiger charge is 2.29. The van der Waals surface area contributed by atoms with E-state index >= 15 is 0 Å². The Balaban J connectivity index is 1.53. The number of phenolic OH excluding ortho intramolecular Hbond substituents is 1. The van der Waals surface area contributed by atoms with Gasteiger partial charge in [0.1, 0.15) is 23.7 Å². The van der Waals surface area contributed by atoms with Crippen molar-refractivity contribution in [3.63, 3.8) is 0 Å². The van der Waals surface area contributed by atoms with Crippen LogP contribution in [0.1, 0.15) is 19.3 Å². The molecule has 1 aliphatic carbocycles. The summed E-state index contributed by atoms with van der Waals surface area (Å²) in [5.41, 5.74) is 1.68. The molecule has 3 aromatic rings. The summed E-state index contributed by atoms with van der Waals surface area (Å²) in [5, 5.41) is 18.2. The maximum atomic E-state index is 13.6. The van der Waals surface area contributed by atoms with E-state index in [9.17, 15) is 9.50 Å². The van der Waals surface area contributed by atoms with Gasteiger partial charge in [-0.1, -0.05) is 5.10 Å². The molecule has 2 aromatic heterocycles. The highest BCUT2D eigenvalue weighted by molar-refractivity contribution is 5.67. The van der Waals surface area contributed by atoms with E-state index in [-0.39, 0.29) is 11.8 Å². The average Bonchev–Trinajstić information content (AvgIpc) is 3.28. The normalized spacial score (nSPS) is 19.9. The van der Waals surface area contributed by atoms with Crippen molar-refractivity contribution < 1.29 is 14.2 Å². The molecule has 128 valence electrons. The van der Waals surface area contributed by atoms with Crippen LogP contribution in [0.25, 0.3) is 16.9 Å². The Hall–Kier alpha value is -3.03. The lowest BCUT2D eigenvalue weighted by Crippen LogP contribution is -2.23. The first kappa shape index (κ1) is 15.5. The van der Waals surface area contributed by atoms with Crippen LogP contribution in [0.4, 0.5) is 4.39 Å². The maximum Gasteiger partial charge on any atom is 0.336 e. The van der Waals surface area contributed by atoms with E-state index in [0.717, 1.165) is 12.1 Å². The summed E-state index contributed by atoms with van der Waals surface area (Å²) in [6, 6.07) is 5.21. The Bertz CT molecular complexity index is 854. The molecule has 0 spiro atoms. The fraction of sp³-hybridized carbons (Fsp3) is 0.294. The van der Waals surface area contributed by atoms with Crippen LogP contribution in [0.3, 0.4) is 0 Å². The molecule has 1 saturated carbocycles. The van der Waals surface area contributed by atoms with Crippen LogP contribution < -0.4 is 4.74 Å². The first-order valence-corrected chi connectivity index (χ1v) is 8.03. The summed E-state index contributed by atoms with van der Waals surface area (Å²) < 4.78 is 20.8. The van der Waals surface area contributed by atoms with Gasteiger partial charge in [-0.2, -0.15) is 0 Å². The molecule has 4 rings (SSSR count). The minimum Gasteiger partial charge on any atom is -0.507 e. The molecule has 0 unspecified atom stereocenters. The lowest BCUT2D eigenvalue weighted by molar-refractivity contribution is 0.113. The number of ether oxygens (including phenoxy) is 1. The number of rotatable bonds is 4. The van der Waals surface area contributed by atoms with Crippen LogP contribution in [0.2, 0.25) is 0 Å². The summed E-state index contributed by atoms with van der Waals surface area (Å²) in [4.78, 5) is 8.05. The molecule has 0 bridgehead atoms. The van der Waals surface area contributed by atoms with Gasteiger partial charge in [0, 0.05) is 24.0 Å². The second-order valence-corrected chi connectivity index (χ2v) is 5.90. The lowest BCUT2D eigenvalue weighted by atomic mass is 10.1. The SMILES string of the molecule is Oc1cc(-n2ccnc2)ccc1-c1cnc(O[C@@H]2CCC[C@@H]2F)nn1. The molecule has 1 aliphatic rings. The standard InChI is InChI=1S/C17H16FN5O2/c18-13-2-1-3-16(13)25-17-20-9-14(21-22-17)12-5-4-11(8-15(12)24)23-7-6-19-10-23/h4-10,13,16,24H,1-3H2/t13-,16+/m0/s1. The van der Waals surface area contributed by atoms with E-state index in [4.69, 9.17) is 4.74 Å². The molecule has 8 heteroatoms. The van der Waals surface area contributed by atoms with E-state index in [1.54, 1.807) is 35.4 Å². The first-order valence-electron chi connectivity index (χ1n) is 8.03. The van der Waals surface area contributed by atoms with Crippen molar-refractivity contribution in [3.05, 3.63) is 43.1 Å². The number of nitrogens with zero attached hydrogens (tertiary/aromatic N) is 5. The molecule has 0 amide bonds. The third-order valence-corrected chi connectivity index (χ3v) is 4.23. The molecular formula is C17H16FN5O2. The zero-order chi connectivity index (χ0) is 17.2. The van der Waals surface area contributed by atoms with Gasteiger partial charge in [0.2, 0.25) is 0 Å². The minimum absolute atomic E-state index is 0.0489. The van der Waals surface area contributed by atoms with Crippen LogP contribution in [0.15, 0.2) is 43.1 Å². The van der Waals surface area contributed by atoms with Crippen molar-refractivity contribution in [1.82, 2.24) is 24.7 Å². The van der Waals surface area contributed by atoms with Gasteiger partial charge in [0.05, 0.1) is 18.2 Å². The number of halogens is 1. The molecule has 7 nitrogen and oxygen atoms in total. The van der Waals surface area contributed by atoms with Gasteiger partial charge in [0.25, 0.3) is 0 Å². The minimum atomic E-state index is -0.983. The number of alkyl halides is 1. The van der Waals surface area contributed by atoms with E-state index in [0.29, 0.717) is 24.1 Å². The van der Waals surface area contributed by atoms with Gasteiger partial charge in [0.15, 0.2) is 0 Å². The van der Waals surface area contributed by atoms with E-state index < -0.39 is 12.3 Å². The van der Waals surface area contributed by atoms with Crippen LogP contribution in [0.5, 0.6) is 11.8 Å². The summed E-state index contributed by atoms with van der Waals surface area (Å²) >= 11 is 0. The third kappa shape index (κ3) is 3.15. The number of aromatic hydroxyl groups is 1. The Morgan fingerprint density at radius 1 is 1.24 bits per heavy atom. The van der Waals surface area contributed by atoms with Crippen LogP contribution in [-0.2, 0) is 0 Å². The number of aromatic nitrogens is 5. The smallest absolute Gasteiger partial charge is 0.336 e. The van der Waals surface area contributed by atoms with E-state index in [1.807, 2.05) is 6.07 Å². The van der Waals surface area contributed by atoms with Crippen molar-refractivity contribution in [2.45, 2.75) is 31.5 Å². The molecule has 25 heavy (non-hydrogen) atoms. The Morgan fingerprint density at radius 2 is 2.16 bits per heavy atom. The predicted molar refractivity (Wildman–Crippen MR) is 87.2 cm³/mol. The predicted octanol–water partition coefficient (Wildman–Crippen LogP) is 2.70. The largest absolute Gasteiger partial charge is 0.507 e. The highest BCUT2D eigenvalue weighted by atomic mass is 19.1. The lowest BCUT2D eigenvalue weighted by Gasteiger charge is -2.13. The van der Waals surface area contributed by atoms with Gasteiger partial charge in [-0.15, -0.1) is 5.10 Å². The molecule has 1 aromatic carbocycles. The second-order valence-electron chi connectivity index (χ2n) is 5.90. The summed E-state index contributed by atoms with van der Waals surface area (Å²) in [6.07, 6.45) is 7.01. The summed E-state index contributed by atoms with van der Waals surface area (Å²) in [5.74, 6) is 0.0515. The first-order chi connectivity index (χ1) is 12.2. The van der Waals surface area contributed by atoms with Crippen molar-refractivity contribution in [3.8, 4) is 28.7 Å². The number of hydrogen-bond acceptors (Lipinski definition) is 6. The molecule has 2 heterocycles. The Morgan fingerprint density at radius 3 is 2.80 bits per heavy atom. The van der Waals surface area contributed by atoms with E-state index in [1.165, 1.54) is 6.20 Å². The highest BCUT2D eigenvalue weighted by Crippen LogP contribution is 2.30. The van der Waals surface area contributed by atoms with Crippen molar-refractivity contribution in [2.75, 3.05) is 0 Å². The zero-order valence-electron chi connectivity index (χ0n) is 13.3. The number of phenols is 1. The molecule has 0 saturated heterocycles. The van der Waals surface area contributed by atoms with Gasteiger partial charge < -0.3 is 14.4 Å². The number of benzene rings is 1. The zero-order valence-corrected chi connectivity index (χ0v) is 13.3. The average molecular weight is 341 g/mol. The fourth-order valence-electron chi connectivity index (χ4n) is 2.90. The van der Waals surface area contributed by atoms with Gasteiger partial charge in [-0.25, -0.2) is 14.4 Å². The topological polar surface area (TPSA) is 86.0 Å².